The van der Waals surface area contributed by atoms with Crippen molar-refractivity contribution in [1.82, 2.24) is 9.97 Å². The summed E-state index contributed by atoms with van der Waals surface area (Å²) in [4.78, 5) is 15.1. The first-order valence-corrected chi connectivity index (χ1v) is 12.3. The van der Waals surface area contributed by atoms with Crippen LogP contribution in [-0.2, 0) is 17.7 Å². The number of aliphatic hydroxyl groups excluding tert-OH is 1. The highest BCUT2D eigenvalue weighted by Gasteiger charge is 2.26. The van der Waals surface area contributed by atoms with Gasteiger partial charge in [-0.2, -0.15) is 0 Å². The number of aromatic nitrogens is 2. The number of pyridine rings is 2. The fraction of sp³-hybridized carbons (Fsp3) is 0.333. The van der Waals surface area contributed by atoms with E-state index >= 15 is 0 Å². The summed E-state index contributed by atoms with van der Waals surface area (Å²) in [6.07, 6.45) is 3.22. The first-order valence-electron chi connectivity index (χ1n) is 11.5. The summed E-state index contributed by atoms with van der Waals surface area (Å²) in [5.74, 6) is 0.414. The third-order valence-electron chi connectivity index (χ3n) is 5.61. The van der Waals surface area contributed by atoms with Crippen LogP contribution in [0.5, 0.6) is 0 Å². The second kappa shape index (κ2) is 12.8. The normalized spacial score (nSPS) is 15.7. The van der Waals surface area contributed by atoms with Crippen LogP contribution in [0, 0.1) is 11.3 Å². The van der Waals surface area contributed by atoms with E-state index in [9.17, 15) is 0 Å². The van der Waals surface area contributed by atoms with Gasteiger partial charge in [-0.3, -0.25) is 4.98 Å². The molecule has 184 valence electrons. The molecular formula is C27H30Cl2N4O2. The average molecular weight is 513 g/mol. The molecule has 2 N–H and O–H groups in total. The summed E-state index contributed by atoms with van der Waals surface area (Å²) in [6.45, 7) is 4.41. The summed E-state index contributed by atoms with van der Waals surface area (Å²) in [6, 6.07) is 15.3. The molecule has 2 heterocycles. The number of halogens is 2. The molecule has 4 rings (SSSR count). The SMILES string of the molecule is CC(=N)c1cccc(CCCO/N=C2\CC(C)Cc3c(Cl)cc(-c4ccc(Cl)cc4)nc32)n1.CO. The van der Waals surface area contributed by atoms with Gasteiger partial charge in [0.25, 0.3) is 0 Å². The van der Waals surface area contributed by atoms with Crippen molar-refractivity contribution in [1.29, 1.82) is 5.41 Å². The lowest BCUT2D eigenvalue weighted by Crippen LogP contribution is -2.21. The van der Waals surface area contributed by atoms with E-state index in [-0.39, 0.29) is 0 Å². The van der Waals surface area contributed by atoms with Crippen molar-refractivity contribution in [3.05, 3.63) is 81.2 Å². The van der Waals surface area contributed by atoms with Crippen LogP contribution >= 0.6 is 23.2 Å². The molecule has 0 fully saturated rings. The molecule has 1 aliphatic carbocycles. The molecule has 6 nitrogen and oxygen atoms in total. The molecule has 1 aromatic carbocycles. The topological polar surface area (TPSA) is 91.5 Å². The van der Waals surface area contributed by atoms with Crippen molar-refractivity contribution in [2.75, 3.05) is 13.7 Å². The number of hydrogen-bond acceptors (Lipinski definition) is 6. The predicted octanol–water partition coefficient (Wildman–Crippen LogP) is 6.38. The largest absolute Gasteiger partial charge is 0.400 e. The van der Waals surface area contributed by atoms with Crippen LogP contribution in [-0.4, -0.2) is 40.2 Å². The maximum atomic E-state index is 7.73. The number of hydrogen-bond donors (Lipinski definition) is 2. The van der Waals surface area contributed by atoms with Crippen molar-refractivity contribution in [2.24, 2.45) is 11.1 Å². The minimum Gasteiger partial charge on any atom is -0.400 e. The molecule has 2 aromatic heterocycles. The molecule has 1 unspecified atom stereocenters. The van der Waals surface area contributed by atoms with Crippen molar-refractivity contribution < 1.29 is 9.94 Å². The molecule has 0 radical (unpaired) electrons. The smallest absolute Gasteiger partial charge is 0.117 e. The van der Waals surface area contributed by atoms with Crippen LogP contribution in [0.15, 0.2) is 53.7 Å². The molecule has 35 heavy (non-hydrogen) atoms. The molecule has 0 aliphatic heterocycles. The van der Waals surface area contributed by atoms with E-state index in [0.717, 1.165) is 66.7 Å². The van der Waals surface area contributed by atoms with Crippen LogP contribution < -0.4 is 0 Å². The monoisotopic (exact) mass is 512 g/mol. The summed E-state index contributed by atoms with van der Waals surface area (Å²) in [7, 11) is 1.00. The van der Waals surface area contributed by atoms with E-state index in [1.807, 2.05) is 48.5 Å². The van der Waals surface area contributed by atoms with E-state index in [0.29, 0.717) is 34.0 Å². The standard InChI is InChI=1S/C26H26Cl2N4O.CH4O/c1-16-13-21-22(28)15-24(18-8-10-19(27)11-9-18)31-26(21)25(14-16)32-33-12-4-6-20-5-3-7-23(30-20)17(2)29;1-2/h3,5,7-11,15-16,29H,4,6,12-14H2,1-2H3;2H,1H3/b29-17?,32-25+;. The maximum absolute atomic E-state index is 7.73. The van der Waals surface area contributed by atoms with E-state index in [2.05, 4.69) is 17.1 Å². The number of aryl methyl sites for hydroxylation is 1. The number of oxime groups is 1. The van der Waals surface area contributed by atoms with Gasteiger partial charge in [-0.05, 0) is 74.4 Å². The Balaban J connectivity index is 0.00000167. The molecular weight excluding hydrogens is 483 g/mol. The number of nitrogens with zero attached hydrogens (tertiary/aromatic N) is 3. The van der Waals surface area contributed by atoms with Gasteiger partial charge in [-0.25, -0.2) is 4.98 Å². The van der Waals surface area contributed by atoms with Crippen LogP contribution in [0.2, 0.25) is 10.0 Å². The lowest BCUT2D eigenvalue weighted by atomic mass is 9.86. The quantitative estimate of drug-likeness (QED) is 0.218. The first kappa shape index (κ1) is 26.8. The molecule has 0 amide bonds. The third-order valence-corrected chi connectivity index (χ3v) is 6.20. The Morgan fingerprint density at radius 3 is 2.57 bits per heavy atom. The lowest BCUT2D eigenvalue weighted by molar-refractivity contribution is 0.140. The predicted molar refractivity (Wildman–Crippen MR) is 143 cm³/mol. The van der Waals surface area contributed by atoms with Crippen LogP contribution in [0.25, 0.3) is 11.3 Å². The lowest BCUT2D eigenvalue weighted by Gasteiger charge is -2.23. The second-order valence-corrected chi connectivity index (χ2v) is 9.29. The van der Waals surface area contributed by atoms with Gasteiger partial charge in [0.1, 0.15) is 12.3 Å². The summed E-state index contributed by atoms with van der Waals surface area (Å²) >= 11 is 12.7. The molecule has 8 heteroatoms. The summed E-state index contributed by atoms with van der Waals surface area (Å²) < 4.78 is 0. The molecule has 0 spiro atoms. The number of benzene rings is 1. The minimum atomic E-state index is 0.414. The van der Waals surface area contributed by atoms with Crippen molar-refractivity contribution in [3.8, 4) is 11.3 Å². The average Bonchev–Trinajstić information content (AvgIpc) is 2.86. The van der Waals surface area contributed by atoms with E-state index in [1.165, 1.54) is 0 Å². The second-order valence-electron chi connectivity index (χ2n) is 8.45. The Kier molecular flexibility index (Phi) is 9.78. The van der Waals surface area contributed by atoms with Crippen LogP contribution in [0.4, 0.5) is 0 Å². The van der Waals surface area contributed by atoms with Crippen molar-refractivity contribution >= 4 is 34.6 Å². The van der Waals surface area contributed by atoms with Gasteiger partial charge < -0.3 is 15.4 Å². The van der Waals surface area contributed by atoms with Crippen molar-refractivity contribution in [2.45, 2.75) is 39.5 Å². The zero-order valence-corrected chi connectivity index (χ0v) is 21.7. The zero-order valence-electron chi connectivity index (χ0n) is 20.2. The highest BCUT2D eigenvalue weighted by molar-refractivity contribution is 6.32. The first-order chi connectivity index (χ1) is 16.9. The fourth-order valence-electron chi connectivity index (χ4n) is 3.94. The third kappa shape index (κ3) is 7.10. The Labute approximate surface area is 216 Å². The molecule has 0 saturated heterocycles. The van der Waals surface area contributed by atoms with E-state index in [1.54, 1.807) is 6.92 Å². The Hall–Kier alpha value is -2.80. The summed E-state index contributed by atoms with van der Waals surface area (Å²) in [5, 5.41) is 20.6. The van der Waals surface area contributed by atoms with Crippen LogP contribution in [0.1, 0.15) is 49.3 Å². The van der Waals surface area contributed by atoms with Gasteiger partial charge in [-0.1, -0.05) is 53.5 Å². The molecule has 1 aliphatic rings. The number of rotatable bonds is 7. The number of nitrogens with one attached hydrogen (secondary N) is 1. The van der Waals surface area contributed by atoms with Crippen LogP contribution in [0.3, 0.4) is 0 Å². The molecule has 0 saturated carbocycles. The summed E-state index contributed by atoms with van der Waals surface area (Å²) in [5.41, 5.74) is 6.56. The van der Waals surface area contributed by atoms with Gasteiger partial charge >= 0.3 is 0 Å². The Morgan fingerprint density at radius 1 is 1.11 bits per heavy atom. The zero-order chi connectivity index (χ0) is 25.4. The van der Waals surface area contributed by atoms with E-state index < -0.39 is 0 Å². The Bertz CT molecular complexity index is 1200. The highest BCUT2D eigenvalue weighted by Crippen LogP contribution is 2.33. The fourth-order valence-corrected chi connectivity index (χ4v) is 4.33. The van der Waals surface area contributed by atoms with Gasteiger partial charge in [0, 0.05) is 28.4 Å². The molecule has 3 aromatic rings. The minimum absolute atomic E-state index is 0.414. The van der Waals surface area contributed by atoms with E-state index in [4.69, 9.17) is 43.5 Å². The van der Waals surface area contributed by atoms with Crippen molar-refractivity contribution in [3.63, 3.8) is 0 Å². The number of aliphatic hydroxyl groups is 1. The van der Waals surface area contributed by atoms with Gasteiger partial charge in [0.15, 0.2) is 0 Å². The van der Waals surface area contributed by atoms with Gasteiger partial charge in [0.05, 0.1) is 22.8 Å². The highest BCUT2D eigenvalue weighted by atomic mass is 35.5. The number of fused-ring (bicyclic) bond motifs is 1. The molecule has 1 atom stereocenters. The van der Waals surface area contributed by atoms with Gasteiger partial charge in [-0.15, -0.1) is 0 Å². The molecule has 0 bridgehead atoms. The Morgan fingerprint density at radius 2 is 1.86 bits per heavy atom. The van der Waals surface area contributed by atoms with Gasteiger partial charge in [0.2, 0.25) is 0 Å². The maximum Gasteiger partial charge on any atom is 0.117 e.